The third kappa shape index (κ3) is 3.96. The van der Waals surface area contributed by atoms with Gasteiger partial charge < -0.3 is 10.6 Å². The number of benzene rings is 1. The number of hydrogen-bond acceptors (Lipinski definition) is 2. The van der Waals surface area contributed by atoms with Crippen LogP contribution in [0.15, 0.2) is 24.3 Å². The molecular weight excluding hydrogens is 268 g/mol. The van der Waals surface area contributed by atoms with Gasteiger partial charge in [0.25, 0.3) is 5.91 Å². The molecule has 18 heavy (non-hydrogen) atoms. The summed E-state index contributed by atoms with van der Waals surface area (Å²) in [6.07, 6.45) is 0.518. The summed E-state index contributed by atoms with van der Waals surface area (Å²) in [4.78, 5) is 14.5. The standard InChI is InChI=1S/C13H17ClN2OS/c1-9(2)16(8-7-12(15)18)13(17)10-5-3-4-6-11(10)14/h3-6,9H,7-8H2,1-2H3,(H2,15,18). The van der Waals surface area contributed by atoms with Gasteiger partial charge in [-0.3, -0.25) is 4.79 Å². The molecule has 1 aromatic rings. The number of amides is 1. The summed E-state index contributed by atoms with van der Waals surface area (Å²) >= 11 is 10.9. The molecule has 0 saturated carbocycles. The molecule has 0 fully saturated rings. The highest BCUT2D eigenvalue weighted by Crippen LogP contribution is 2.18. The molecule has 98 valence electrons. The molecule has 0 aliphatic heterocycles. The largest absolute Gasteiger partial charge is 0.393 e. The van der Waals surface area contributed by atoms with Crippen LogP contribution in [0.2, 0.25) is 5.02 Å². The first kappa shape index (κ1) is 14.9. The minimum Gasteiger partial charge on any atom is -0.393 e. The SMILES string of the molecule is CC(C)N(CCC(N)=S)C(=O)c1ccccc1Cl. The van der Waals surface area contributed by atoms with E-state index in [1.807, 2.05) is 13.8 Å². The van der Waals surface area contributed by atoms with E-state index < -0.39 is 0 Å². The number of carbonyl (C=O) groups excluding carboxylic acids is 1. The first-order chi connectivity index (χ1) is 8.43. The Labute approximate surface area is 118 Å². The van der Waals surface area contributed by atoms with Crippen LogP contribution in [-0.2, 0) is 0 Å². The van der Waals surface area contributed by atoms with E-state index in [-0.39, 0.29) is 11.9 Å². The molecule has 1 amide bonds. The summed E-state index contributed by atoms with van der Waals surface area (Å²) < 4.78 is 0. The molecule has 0 aliphatic carbocycles. The monoisotopic (exact) mass is 284 g/mol. The third-order valence-electron chi connectivity index (χ3n) is 2.59. The average molecular weight is 285 g/mol. The zero-order valence-corrected chi connectivity index (χ0v) is 12.1. The minimum atomic E-state index is -0.0909. The summed E-state index contributed by atoms with van der Waals surface area (Å²) in [5, 5.41) is 0.462. The van der Waals surface area contributed by atoms with E-state index in [2.05, 4.69) is 0 Å². The smallest absolute Gasteiger partial charge is 0.255 e. The molecule has 0 radical (unpaired) electrons. The molecule has 0 aliphatic rings. The maximum absolute atomic E-state index is 12.4. The Kier molecular flexibility index (Phi) is 5.56. The second-order valence-corrected chi connectivity index (χ2v) is 5.22. The van der Waals surface area contributed by atoms with Crippen LogP contribution < -0.4 is 5.73 Å². The fourth-order valence-electron chi connectivity index (χ4n) is 1.61. The van der Waals surface area contributed by atoms with E-state index in [1.165, 1.54) is 0 Å². The zero-order valence-electron chi connectivity index (χ0n) is 10.5. The molecule has 0 spiro atoms. The number of nitrogens with zero attached hydrogens (tertiary/aromatic N) is 1. The van der Waals surface area contributed by atoms with Crippen LogP contribution in [-0.4, -0.2) is 28.4 Å². The minimum absolute atomic E-state index is 0.0723. The molecule has 3 nitrogen and oxygen atoms in total. The molecule has 0 bridgehead atoms. The number of rotatable bonds is 5. The number of nitrogens with two attached hydrogens (primary N) is 1. The van der Waals surface area contributed by atoms with Crippen molar-refractivity contribution in [3.63, 3.8) is 0 Å². The lowest BCUT2D eigenvalue weighted by molar-refractivity contribution is 0.0712. The van der Waals surface area contributed by atoms with Crippen molar-refractivity contribution in [3.05, 3.63) is 34.9 Å². The summed E-state index contributed by atoms with van der Waals surface area (Å²) in [6.45, 7) is 4.42. The van der Waals surface area contributed by atoms with Gasteiger partial charge in [-0.05, 0) is 26.0 Å². The highest BCUT2D eigenvalue weighted by Gasteiger charge is 2.20. The van der Waals surface area contributed by atoms with E-state index in [4.69, 9.17) is 29.6 Å². The molecule has 0 aromatic heterocycles. The van der Waals surface area contributed by atoms with E-state index in [9.17, 15) is 4.79 Å². The van der Waals surface area contributed by atoms with Crippen molar-refractivity contribution in [1.29, 1.82) is 0 Å². The predicted octanol–water partition coefficient (Wildman–Crippen LogP) is 2.87. The van der Waals surface area contributed by atoms with Gasteiger partial charge in [-0.1, -0.05) is 36.0 Å². The Morgan fingerprint density at radius 3 is 2.56 bits per heavy atom. The Bertz CT molecular complexity index is 448. The molecule has 5 heteroatoms. The topological polar surface area (TPSA) is 46.3 Å². The van der Waals surface area contributed by atoms with E-state index >= 15 is 0 Å². The van der Waals surface area contributed by atoms with Gasteiger partial charge in [-0.15, -0.1) is 0 Å². The van der Waals surface area contributed by atoms with Crippen LogP contribution in [0.1, 0.15) is 30.6 Å². The van der Waals surface area contributed by atoms with Gasteiger partial charge in [0.05, 0.1) is 15.6 Å². The van der Waals surface area contributed by atoms with Crippen molar-refractivity contribution in [1.82, 2.24) is 4.90 Å². The van der Waals surface area contributed by atoms with Crippen LogP contribution in [0, 0.1) is 0 Å². The van der Waals surface area contributed by atoms with E-state index in [0.29, 0.717) is 28.5 Å². The average Bonchev–Trinajstić information content (AvgIpc) is 2.28. The Morgan fingerprint density at radius 2 is 2.06 bits per heavy atom. The summed E-state index contributed by atoms with van der Waals surface area (Å²) in [5.41, 5.74) is 5.99. The lowest BCUT2D eigenvalue weighted by Gasteiger charge is -2.27. The molecule has 2 N–H and O–H groups in total. The number of halogens is 1. The molecule has 0 atom stereocenters. The van der Waals surface area contributed by atoms with E-state index in [0.717, 1.165) is 0 Å². The van der Waals surface area contributed by atoms with Crippen LogP contribution in [0.5, 0.6) is 0 Å². The predicted molar refractivity (Wildman–Crippen MR) is 79.0 cm³/mol. The van der Waals surface area contributed by atoms with Gasteiger partial charge in [0.1, 0.15) is 0 Å². The lowest BCUT2D eigenvalue weighted by atomic mass is 10.1. The van der Waals surface area contributed by atoms with Crippen LogP contribution in [0.25, 0.3) is 0 Å². The second kappa shape index (κ2) is 6.71. The Hall–Kier alpha value is -1.13. The molecule has 1 aromatic carbocycles. The van der Waals surface area contributed by atoms with Gasteiger partial charge in [-0.2, -0.15) is 0 Å². The summed E-state index contributed by atoms with van der Waals surface area (Å²) in [7, 11) is 0. The molecule has 0 unspecified atom stereocenters. The second-order valence-electron chi connectivity index (χ2n) is 4.29. The molecule has 1 rings (SSSR count). The molecular formula is C13H17ClN2OS. The quantitative estimate of drug-likeness (QED) is 0.846. The van der Waals surface area contributed by atoms with Gasteiger partial charge in [0, 0.05) is 19.0 Å². The van der Waals surface area contributed by atoms with Crippen LogP contribution in [0.4, 0.5) is 0 Å². The van der Waals surface area contributed by atoms with Crippen molar-refractivity contribution >= 4 is 34.7 Å². The maximum atomic E-state index is 12.4. The van der Waals surface area contributed by atoms with Crippen LogP contribution in [0.3, 0.4) is 0 Å². The maximum Gasteiger partial charge on any atom is 0.255 e. The van der Waals surface area contributed by atoms with Gasteiger partial charge in [-0.25, -0.2) is 0 Å². The van der Waals surface area contributed by atoms with Crippen molar-refractivity contribution in [2.75, 3.05) is 6.54 Å². The first-order valence-corrected chi connectivity index (χ1v) is 6.56. The lowest BCUT2D eigenvalue weighted by Crippen LogP contribution is -2.39. The van der Waals surface area contributed by atoms with Crippen molar-refractivity contribution in [2.45, 2.75) is 26.3 Å². The highest BCUT2D eigenvalue weighted by atomic mass is 35.5. The van der Waals surface area contributed by atoms with Crippen molar-refractivity contribution < 1.29 is 4.79 Å². The Morgan fingerprint density at radius 1 is 1.44 bits per heavy atom. The highest BCUT2D eigenvalue weighted by molar-refractivity contribution is 7.80. The van der Waals surface area contributed by atoms with Crippen molar-refractivity contribution in [3.8, 4) is 0 Å². The molecule has 0 saturated heterocycles. The third-order valence-corrected chi connectivity index (χ3v) is 3.12. The molecule has 0 heterocycles. The van der Waals surface area contributed by atoms with Crippen LogP contribution >= 0.6 is 23.8 Å². The number of thiocarbonyl (C=S) groups is 1. The van der Waals surface area contributed by atoms with E-state index in [1.54, 1.807) is 29.2 Å². The first-order valence-electron chi connectivity index (χ1n) is 5.77. The number of hydrogen-bond donors (Lipinski definition) is 1. The summed E-state index contributed by atoms with van der Waals surface area (Å²) in [6, 6.07) is 7.10. The normalized spacial score (nSPS) is 10.4. The Balaban J connectivity index is 2.90. The van der Waals surface area contributed by atoms with Gasteiger partial charge in [0.15, 0.2) is 0 Å². The number of carbonyl (C=O) groups is 1. The van der Waals surface area contributed by atoms with Crippen molar-refractivity contribution in [2.24, 2.45) is 5.73 Å². The fraction of sp³-hybridized carbons (Fsp3) is 0.385. The van der Waals surface area contributed by atoms with Gasteiger partial charge in [0.2, 0.25) is 0 Å². The summed E-state index contributed by atoms with van der Waals surface area (Å²) in [5.74, 6) is -0.0909. The zero-order chi connectivity index (χ0) is 13.7. The van der Waals surface area contributed by atoms with Gasteiger partial charge >= 0.3 is 0 Å². The fourth-order valence-corrected chi connectivity index (χ4v) is 1.92.